The predicted octanol–water partition coefficient (Wildman–Crippen LogP) is -0.146. The summed E-state index contributed by atoms with van der Waals surface area (Å²) in [6.07, 6.45) is 3.99. The van der Waals surface area contributed by atoms with Gasteiger partial charge in [0, 0.05) is 12.4 Å². The van der Waals surface area contributed by atoms with Gasteiger partial charge in [-0.1, -0.05) is 0 Å². The molecule has 54 valence electrons. The molecule has 0 aromatic heterocycles. The van der Waals surface area contributed by atoms with Gasteiger partial charge in [0.2, 0.25) is 0 Å². The molecule has 1 rings (SSSR count). The molecule has 0 aromatic rings. The Hall–Kier alpha value is -1.52. The lowest BCUT2D eigenvalue weighted by Gasteiger charge is -2.16. The smallest absolute Gasteiger partial charge is 0.333 e. The first kappa shape index (κ1) is 6.60. The van der Waals surface area contributed by atoms with Crippen molar-refractivity contribution in [3.8, 4) is 0 Å². The summed E-state index contributed by atoms with van der Waals surface area (Å²) in [5.41, 5.74) is 4.73. The summed E-state index contributed by atoms with van der Waals surface area (Å²) in [5, 5.41) is 1.24. The molecular weight excluding hydrogens is 134 g/mol. The van der Waals surface area contributed by atoms with Crippen LogP contribution in [0.5, 0.6) is 0 Å². The SMILES string of the molecule is NC(=O)ON1C=CC=NC1. The Morgan fingerprint density at radius 1 is 1.80 bits per heavy atom. The summed E-state index contributed by atoms with van der Waals surface area (Å²) < 4.78 is 0. The highest BCUT2D eigenvalue weighted by Crippen LogP contribution is 1.95. The van der Waals surface area contributed by atoms with Gasteiger partial charge in [0.05, 0.1) is 0 Å². The minimum Gasteiger partial charge on any atom is -0.333 e. The first-order valence-electron chi connectivity index (χ1n) is 2.70. The second-order valence-electron chi connectivity index (χ2n) is 1.64. The van der Waals surface area contributed by atoms with E-state index >= 15 is 0 Å². The number of carbonyl (C=O) groups is 1. The fourth-order valence-electron chi connectivity index (χ4n) is 0.545. The van der Waals surface area contributed by atoms with Gasteiger partial charge in [-0.15, -0.1) is 0 Å². The Balaban J connectivity index is 2.37. The second kappa shape index (κ2) is 2.86. The number of allylic oxidation sites excluding steroid dienone is 1. The van der Waals surface area contributed by atoms with E-state index in [2.05, 4.69) is 9.83 Å². The maximum atomic E-state index is 10.1. The molecule has 0 atom stereocenters. The lowest BCUT2D eigenvalue weighted by Crippen LogP contribution is -2.27. The number of aliphatic imine (C=N–C) groups is 1. The standard InChI is InChI=1S/C5H7N3O2/c6-5(9)10-8-3-1-2-7-4-8/h1-3H,4H2,(H2,6,9). The van der Waals surface area contributed by atoms with Crippen molar-refractivity contribution in [2.45, 2.75) is 0 Å². The van der Waals surface area contributed by atoms with Crippen LogP contribution in [0.4, 0.5) is 4.79 Å². The second-order valence-corrected chi connectivity index (χ2v) is 1.64. The van der Waals surface area contributed by atoms with Crippen molar-refractivity contribution in [2.75, 3.05) is 6.67 Å². The van der Waals surface area contributed by atoms with Crippen LogP contribution in [0, 0.1) is 0 Å². The van der Waals surface area contributed by atoms with E-state index in [0.717, 1.165) is 0 Å². The van der Waals surface area contributed by atoms with Crippen LogP contribution in [-0.2, 0) is 4.84 Å². The highest BCUT2D eigenvalue weighted by atomic mass is 16.7. The van der Waals surface area contributed by atoms with Crippen LogP contribution in [0.2, 0.25) is 0 Å². The van der Waals surface area contributed by atoms with Crippen molar-refractivity contribution < 1.29 is 9.63 Å². The molecule has 0 unspecified atom stereocenters. The minimum absolute atomic E-state index is 0.305. The van der Waals surface area contributed by atoms with Crippen molar-refractivity contribution in [1.82, 2.24) is 5.06 Å². The highest BCUT2D eigenvalue weighted by molar-refractivity contribution is 5.71. The monoisotopic (exact) mass is 141 g/mol. The maximum Gasteiger partial charge on any atom is 0.429 e. The van der Waals surface area contributed by atoms with Gasteiger partial charge in [-0.3, -0.25) is 4.99 Å². The average Bonchev–Trinajstić information content (AvgIpc) is 1.88. The quantitative estimate of drug-likeness (QED) is 0.552. The van der Waals surface area contributed by atoms with Crippen LogP contribution >= 0.6 is 0 Å². The van der Waals surface area contributed by atoms with E-state index in [-0.39, 0.29) is 0 Å². The zero-order valence-corrected chi connectivity index (χ0v) is 5.23. The summed E-state index contributed by atoms with van der Waals surface area (Å²) >= 11 is 0. The van der Waals surface area contributed by atoms with Crippen LogP contribution in [0.15, 0.2) is 17.3 Å². The largest absolute Gasteiger partial charge is 0.429 e. The van der Waals surface area contributed by atoms with Gasteiger partial charge in [-0.2, -0.15) is 5.06 Å². The van der Waals surface area contributed by atoms with Crippen LogP contribution in [0.25, 0.3) is 0 Å². The van der Waals surface area contributed by atoms with Crippen molar-refractivity contribution in [3.63, 3.8) is 0 Å². The fourth-order valence-corrected chi connectivity index (χ4v) is 0.545. The van der Waals surface area contributed by atoms with Crippen molar-refractivity contribution >= 4 is 12.3 Å². The van der Waals surface area contributed by atoms with Crippen molar-refractivity contribution in [2.24, 2.45) is 10.7 Å². The number of rotatable bonds is 1. The summed E-state index contributed by atoms with van der Waals surface area (Å²) in [5.74, 6) is 0. The Kier molecular flexibility index (Phi) is 1.89. The molecule has 0 aliphatic carbocycles. The number of nitrogens with zero attached hydrogens (tertiary/aromatic N) is 2. The molecule has 1 heterocycles. The first-order valence-corrected chi connectivity index (χ1v) is 2.70. The van der Waals surface area contributed by atoms with Crippen LogP contribution < -0.4 is 5.73 Å². The highest BCUT2D eigenvalue weighted by Gasteiger charge is 2.02. The molecule has 1 aliphatic rings. The number of nitrogens with two attached hydrogens (primary N) is 1. The molecule has 0 saturated carbocycles. The van der Waals surface area contributed by atoms with Crippen molar-refractivity contribution in [1.29, 1.82) is 0 Å². The van der Waals surface area contributed by atoms with Gasteiger partial charge < -0.3 is 10.6 Å². The first-order chi connectivity index (χ1) is 4.79. The number of hydroxylamine groups is 2. The average molecular weight is 141 g/mol. The zero-order chi connectivity index (χ0) is 7.40. The van der Waals surface area contributed by atoms with Gasteiger partial charge in [0.25, 0.3) is 0 Å². The van der Waals surface area contributed by atoms with E-state index < -0.39 is 6.09 Å². The lowest BCUT2D eigenvalue weighted by atomic mass is 10.6. The fraction of sp³-hybridized carbons (Fsp3) is 0.200. The molecule has 0 aromatic carbocycles. The molecule has 5 heteroatoms. The molecule has 1 aliphatic heterocycles. The maximum absolute atomic E-state index is 10.1. The van der Waals surface area contributed by atoms with E-state index in [1.165, 1.54) is 5.06 Å². The Bertz CT molecular complexity index is 187. The molecule has 0 saturated heterocycles. The number of hydrogen-bond donors (Lipinski definition) is 1. The number of amides is 1. The van der Waals surface area contributed by atoms with Crippen LogP contribution in [-0.4, -0.2) is 24.0 Å². The third-order valence-corrected chi connectivity index (χ3v) is 0.872. The van der Waals surface area contributed by atoms with Crippen molar-refractivity contribution in [3.05, 3.63) is 12.3 Å². The summed E-state index contributed by atoms with van der Waals surface area (Å²) in [6, 6.07) is 0. The molecule has 2 N–H and O–H groups in total. The molecule has 10 heavy (non-hydrogen) atoms. The van der Waals surface area contributed by atoms with Crippen LogP contribution in [0.1, 0.15) is 0 Å². The Morgan fingerprint density at radius 2 is 2.60 bits per heavy atom. The van der Waals surface area contributed by atoms with Crippen LogP contribution in [0.3, 0.4) is 0 Å². The van der Waals surface area contributed by atoms with Gasteiger partial charge in [-0.05, 0) is 6.08 Å². The normalized spacial score (nSPS) is 15.4. The van der Waals surface area contributed by atoms with Gasteiger partial charge in [0.15, 0.2) is 0 Å². The molecule has 0 spiro atoms. The summed E-state index contributed by atoms with van der Waals surface area (Å²) in [6.45, 7) is 0.305. The van der Waals surface area contributed by atoms with E-state index in [1.54, 1.807) is 18.5 Å². The van der Waals surface area contributed by atoms with Gasteiger partial charge in [-0.25, -0.2) is 4.79 Å². The van der Waals surface area contributed by atoms with Gasteiger partial charge in [0.1, 0.15) is 6.67 Å². The zero-order valence-electron chi connectivity index (χ0n) is 5.23. The number of primary amides is 1. The third-order valence-electron chi connectivity index (χ3n) is 0.872. The Labute approximate surface area is 57.7 Å². The Morgan fingerprint density at radius 3 is 3.10 bits per heavy atom. The van der Waals surface area contributed by atoms with E-state index in [0.29, 0.717) is 6.67 Å². The number of carbonyl (C=O) groups excluding carboxylic acids is 1. The molecule has 5 nitrogen and oxygen atoms in total. The topological polar surface area (TPSA) is 67.9 Å². The molecule has 1 amide bonds. The van der Waals surface area contributed by atoms with E-state index in [9.17, 15) is 4.79 Å². The summed E-state index contributed by atoms with van der Waals surface area (Å²) in [7, 11) is 0. The minimum atomic E-state index is -0.832. The third kappa shape index (κ3) is 1.77. The molecule has 0 radical (unpaired) electrons. The van der Waals surface area contributed by atoms with E-state index in [1.807, 2.05) is 0 Å². The van der Waals surface area contributed by atoms with Gasteiger partial charge >= 0.3 is 6.09 Å². The predicted molar refractivity (Wildman–Crippen MR) is 35.0 cm³/mol. The van der Waals surface area contributed by atoms with E-state index in [4.69, 9.17) is 5.73 Å². The molecule has 0 bridgehead atoms. The number of hydrogen-bond acceptors (Lipinski definition) is 4. The molecule has 0 fully saturated rings. The molecular formula is C5H7N3O2. The summed E-state index contributed by atoms with van der Waals surface area (Å²) in [4.78, 5) is 18.4. The lowest BCUT2D eigenvalue weighted by molar-refractivity contribution is -0.0509.